The molecule has 2 fully saturated rings. The van der Waals surface area contributed by atoms with Crippen molar-refractivity contribution in [1.82, 2.24) is 4.72 Å². The first-order valence-corrected chi connectivity index (χ1v) is 10.4. The van der Waals surface area contributed by atoms with Crippen molar-refractivity contribution in [3.8, 4) is 0 Å². The van der Waals surface area contributed by atoms with E-state index in [0.717, 1.165) is 19.3 Å². The molecule has 0 radical (unpaired) electrons. The molecule has 0 bridgehead atoms. The number of sulfonamides is 1. The first-order chi connectivity index (χ1) is 12.0. The van der Waals surface area contributed by atoms with Crippen molar-refractivity contribution in [3.05, 3.63) is 42.5 Å². The Labute approximate surface area is 177 Å². The van der Waals surface area contributed by atoms with Gasteiger partial charge in [0.1, 0.15) is 0 Å². The molecule has 0 amide bonds. The van der Waals surface area contributed by atoms with Gasteiger partial charge in [-0.3, -0.25) is 0 Å². The standard InChI is InChI=1S/C19H25NO4S.Na/c21-19(22)11-7-2-1-6-10-16-17-12-14(17)13-18(16)20-25(23,24)15-8-4-3-5-9-15;/h1,3-6,8-9,14,16-18,20H,2,7,10-13H2,(H,21,22);/q;+1/p-1/b6-1-;/t14-,16-,17-,18-;/m0./s1. The average molecular weight is 385 g/mol. The molecule has 4 atom stereocenters. The van der Waals surface area contributed by atoms with Crippen LogP contribution in [0.25, 0.3) is 0 Å². The monoisotopic (exact) mass is 385 g/mol. The molecule has 7 heteroatoms. The number of hydrogen-bond acceptors (Lipinski definition) is 4. The van der Waals surface area contributed by atoms with E-state index in [1.165, 1.54) is 6.42 Å². The largest absolute Gasteiger partial charge is 1.00 e. The summed E-state index contributed by atoms with van der Waals surface area (Å²) in [7, 11) is -3.47. The molecular weight excluding hydrogens is 361 g/mol. The summed E-state index contributed by atoms with van der Waals surface area (Å²) in [5.41, 5.74) is 0. The zero-order valence-corrected chi connectivity index (χ0v) is 18.0. The van der Waals surface area contributed by atoms with Gasteiger partial charge in [0.2, 0.25) is 10.0 Å². The van der Waals surface area contributed by atoms with Crippen molar-refractivity contribution in [1.29, 1.82) is 0 Å². The maximum atomic E-state index is 12.5. The van der Waals surface area contributed by atoms with E-state index in [9.17, 15) is 18.3 Å². The van der Waals surface area contributed by atoms with Crippen LogP contribution < -0.4 is 39.4 Å². The number of carboxylic acid groups (broad SMARTS) is 1. The van der Waals surface area contributed by atoms with Crippen LogP contribution in [0.1, 0.15) is 38.5 Å². The van der Waals surface area contributed by atoms with E-state index in [-0.39, 0.29) is 42.0 Å². The smallest absolute Gasteiger partial charge is 0.550 e. The maximum absolute atomic E-state index is 12.5. The second-order valence-corrected chi connectivity index (χ2v) is 8.79. The molecule has 0 aromatic heterocycles. The number of hydrogen-bond donors (Lipinski definition) is 1. The second-order valence-electron chi connectivity index (χ2n) is 7.07. The molecule has 1 N–H and O–H groups in total. The number of allylic oxidation sites excluding steroid dienone is 2. The number of unbranched alkanes of at least 4 members (excludes halogenated alkanes) is 1. The number of aliphatic carboxylic acids is 1. The fourth-order valence-electron chi connectivity index (χ4n) is 3.94. The summed E-state index contributed by atoms with van der Waals surface area (Å²) >= 11 is 0. The van der Waals surface area contributed by atoms with Crippen LogP contribution in [0.3, 0.4) is 0 Å². The number of carboxylic acids is 1. The van der Waals surface area contributed by atoms with Gasteiger partial charge in [0.05, 0.1) is 4.90 Å². The van der Waals surface area contributed by atoms with E-state index in [4.69, 9.17) is 0 Å². The number of fused-ring (bicyclic) bond motifs is 1. The van der Waals surface area contributed by atoms with Crippen molar-refractivity contribution in [2.45, 2.75) is 49.5 Å². The SMILES string of the molecule is O=C([O-])CCC/C=C\C[C@H]1[C@H]2C[C@H]2C[C@@H]1NS(=O)(=O)c1ccccc1.[Na+]. The van der Waals surface area contributed by atoms with Gasteiger partial charge in [0.15, 0.2) is 0 Å². The van der Waals surface area contributed by atoms with Crippen molar-refractivity contribution < 1.29 is 47.9 Å². The minimum Gasteiger partial charge on any atom is -0.550 e. The Kier molecular flexibility index (Phi) is 7.91. The molecule has 2 aliphatic carbocycles. The van der Waals surface area contributed by atoms with Gasteiger partial charge in [-0.2, -0.15) is 0 Å². The Morgan fingerprint density at radius 1 is 1.19 bits per heavy atom. The second kappa shape index (κ2) is 9.51. The molecule has 1 aromatic rings. The van der Waals surface area contributed by atoms with Crippen LogP contribution in [-0.4, -0.2) is 20.4 Å². The van der Waals surface area contributed by atoms with Crippen LogP contribution in [0.5, 0.6) is 0 Å². The molecule has 5 nitrogen and oxygen atoms in total. The van der Waals surface area contributed by atoms with Crippen molar-refractivity contribution in [2.75, 3.05) is 0 Å². The van der Waals surface area contributed by atoms with Crippen LogP contribution in [0, 0.1) is 17.8 Å². The zero-order chi connectivity index (χ0) is 17.9. The van der Waals surface area contributed by atoms with Gasteiger partial charge in [0.25, 0.3) is 0 Å². The molecule has 2 aliphatic rings. The van der Waals surface area contributed by atoms with E-state index in [2.05, 4.69) is 10.8 Å². The molecule has 0 heterocycles. The molecule has 2 saturated carbocycles. The molecule has 0 spiro atoms. The van der Waals surface area contributed by atoms with Crippen LogP contribution in [-0.2, 0) is 14.8 Å². The third-order valence-electron chi connectivity index (χ3n) is 5.29. The first-order valence-electron chi connectivity index (χ1n) is 8.89. The zero-order valence-electron chi connectivity index (χ0n) is 15.1. The van der Waals surface area contributed by atoms with Crippen molar-refractivity contribution >= 4 is 16.0 Å². The topological polar surface area (TPSA) is 86.3 Å². The Morgan fingerprint density at radius 2 is 1.92 bits per heavy atom. The number of rotatable bonds is 9. The molecule has 3 rings (SSSR count). The summed E-state index contributed by atoms with van der Waals surface area (Å²) in [4.78, 5) is 10.7. The van der Waals surface area contributed by atoms with Crippen LogP contribution in [0.15, 0.2) is 47.4 Å². The van der Waals surface area contributed by atoms with E-state index in [0.29, 0.717) is 29.1 Å². The van der Waals surface area contributed by atoms with Gasteiger partial charge in [0, 0.05) is 12.0 Å². The predicted octanol–water partition coefficient (Wildman–Crippen LogP) is -1.14. The number of nitrogens with one attached hydrogen (secondary N) is 1. The predicted molar refractivity (Wildman–Crippen MR) is 92.9 cm³/mol. The van der Waals surface area contributed by atoms with E-state index < -0.39 is 16.0 Å². The van der Waals surface area contributed by atoms with Gasteiger partial charge in [-0.1, -0.05) is 30.4 Å². The normalized spacial score (nSPS) is 27.1. The molecule has 136 valence electrons. The Bertz CT molecular complexity index is 735. The number of carbonyl (C=O) groups excluding carboxylic acids is 1. The van der Waals surface area contributed by atoms with Crippen LogP contribution >= 0.6 is 0 Å². The minimum absolute atomic E-state index is 0. The third kappa shape index (κ3) is 5.67. The van der Waals surface area contributed by atoms with E-state index in [1.54, 1.807) is 30.3 Å². The molecule has 0 aliphatic heterocycles. The Balaban J connectivity index is 0.00000243. The van der Waals surface area contributed by atoms with E-state index in [1.807, 2.05) is 6.08 Å². The van der Waals surface area contributed by atoms with Crippen LogP contribution in [0.2, 0.25) is 0 Å². The van der Waals surface area contributed by atoms with Gasteiger partial charge in [-0.25, -0.2) is 13.1 Å². The fraction of sp³-hybridized carbons (Fsp3) is 0.526. The Morgan fingerprint density at radius 3 is 2.62 bits per heavy atom. The molecule has 1 aromatic carbocycles. The summed E-state index contributed by atoms with van der Waals surface area (Å²) in [6, 6.07) is 8.48. The van der Waals surface area contributed by atoms with E-state index >= 15 is 0 Å². The van der Waals surface area contributed by atoms with Crippen LogP contribution in [0.4, 0.5) is 0 Å². The Hall–Kier alpha value is -0.660. The van der Waals surface area contributed by atoms with Gasteiger partial charge >= 0.3 is 29.6 Å². The summed E-state index contributed by atoms with van der Waals surface area (Å²) in [6.07, 6.45) is 8.42. The summed E-state index contributed by atoms with van der Waals surface area (Å²) < 4.78 is 28.0. The van der Waals surface area contributed by atoms with Gasteiger partial charge < -0.3 is 9.90 Å². The number of benzene rings is 1. The maximum Gasteiger partial charge on any atom is 1.00 e. The van der Waals surface area contributed by atoms with Crippen molar-refractivity contribution in [2.24, 2.45) is 17.8 Å². The summed E-state index contributed by atoms with van der Waals surface area (Å²) in [5, 5.41) is 10.4. The fourth-order valence-corrected chi connectivity index (χ4v) is 5.26. The van der Waals surface area contributed by atoms with Crippen molar-refractivity contribution in [3.63, 3.8) is 0 Å². The molecule has 0 saturated heterocycles. The molecule has 0 unspecified atom stereocenters. The van der Waals surface area contributed by atoms with Gasteiger partial charge in [-0.15, -0.1) is 0 Å². The average Bonchev–Trinajstić information content (AvgIpc) is 3.25. The third-order valence-corrected chi connectivity index (χ3v) is 6.79. The minimum atomic E-state index is -3.47. The number of carbonyl (C=O) groups is 1. The van der Waals surface area contributed by atoms with Gasteiger partial charge in [-0.05, 0) is 68.4 Å². The quantitative estimate of drug-likeness (QED) is 0.331. The summed E-state index contributed by atoms with van der Waals surface area (Å²) in [5.74, 6) is 0.595. The molecule has 26 heavy (non-hydrogen) atoms. The first kappa shape index (κ1) is 21.6. The molecular formula is C19H24NNaO4S. The summed E-state index contributed by atoms with van der Waals surface area (Å²) in [6.45, 7) is 0.